The van der Waals surface area contributed by atoms with Crippen molar-refractivity contribution in [3.05, 3.63) is 53.8 Å². The molecular weight excluding hydrogens is 245 g/mol. The minimum absolute atomic E-state index is 0.0602. The van der Waals surface area contributed by atoms with E-state index in [2.05, 4.69) is 15.3 Å². The monoisotopic (exact) mass is 257 g/mol. The van der Waals surface area contributed by atoms with Crippen molar-refractivity contribution in [3.63, 3.8) is 0 Å². The van der Waals surface area contributed by atoms with Crippen LogP contribution in [0.1, 0.15) is 5.56 Å². The van der Waals surface area contributed by atoms with E-state index in [1.165, 1.54) is 18.2 Å². The number of imidazole rings is 1. The van der Waals surface area contributed by atoms with Gasteiger partial charge in [0, 0.05) is 12.1 Å². The van der Waals surface area contributed by atoms with Gasteiger partial charge in [0.2, 0.25) is 5.95 Å². The summed E-state index contributed by atoms with van der Waals surface area (Å²) in [7, 11) is 0. The van der Waals surface area contributed by atoms with E-state index in [4.69, 9.17) is 0 Å². The lowest BCUT2D eigenvalue weighted by Crippen LogP contribution is -2.01. The highest BCUT2D eigenvalue weighted by atomic mass is 19.1. The van der Waals surface area contributed by atoms with E-state index < -0.39 is 0 Å². The number of benzene rings is 2. The summed E-state index contributed by atoms with van der Waals surface area (Å²) in [4.78, 5) is 7.44. The summed E-state index contributed by atoms with van der Waals surface area (Å²) in [6.07, 6.45) is 0. The summed E-state index contributed by atoms with van der Waals surface area (Å²) in [6, 6.07) is 11.5. The van der Waals surface area contributed by atoms with Gasteiger partial charge in [-0.1, -0.05) is 12.1 Å². The van der Waals surface area contributed by atoms with Crippen LogP contribution in [0.15, 0.2) is 42.5 Å². The van der Waals surface area contributed by atoms with E-state index in [0.717, 1.165) is 11.0 Å². The third-order valence-corrected chi connectivity index (χ3v) is 2.88. The van der Waals surface area contributed by atoms with Crippen LogP contribution in [0.4, 0.5) is 10.3 Å². The zero-order valence-electron chi connectivity index (χ0n) is 10.0. The molecule has 1 heterocycles. The van der Waals surface area contributed by atoms with Crippen LogP contribution in [0.25, 0.3) is 11.0 Å². The number of H-pyrrole nitrogens is 1. The molecule has 4 nitrogen and oxygen atoms in total. The van der Waals surface area contributed by atoms with Crippen LogP contribution in [0, 0.1) is 5.82 Å². The van der Waals surface area contributed by atoms with Crippen molar-refractivity contribution in [2.24, 2.45) is 0 Å². The van der Waals surface area contributed by atoms with Gasteiger partial charge in [0.25, 0.3) is 0 Å². The number of aromatic amines is 1. The Labute approximate surface area is 108 Å². The lowest BCUT2D eigenvalue weighted by Gasteiger charge is -2.05. The fourth-order valence-electron chi connectivity index (χ4n) is 1.91. The minimum Gasteiger partial charge on any atom is -0.508 e. The highest BCUT2D eigenvalue weighted by Crippen LogP contribution is 2.19. The first kappa shape index (κ1) is 11.5. The zero-order chi connectivity index (χ0) is 13.2. The Kier molecular flexibility index (Phi) is 2.79. The van der Waals surface area contributed by atoms with E-state index in [-0.39, 0.29) is 11.6 Å². The number of aromatic hydroxyl groups is 1. The standard InChI is InChI=1S/C14H12FN3O/c15-10-5-6-13(19)9(7-10)8-16-14-17-11-3-1-2-4-12(11)18-14/h1-7,19H,8H2,(H2,16,17,18). The van der Waals surface area contributed by atoms with Gasteiger partial charge in [-0.15, -0.1) is 0 Å². The topological polar surface area (TPSA) is 60.9 Å². The Hall–Kier alpha value is -2.56. The molecule has 0 saturated carbocycles. The molecule has 19 heavy (non-hydrogen) atoms. The van der Waals surface area contributed by atoms with Gasteiger partial charge in [0.1, 0.15) is 11.6 Å². The van der Waals surface area contributed by atoms with Crippen LogP contribution in [0.3, 0.4) is 0 Å². The molecule has 2 aromatic carbocycles. The van der Waals surface area contributed by atoms with Crippen molar-refractivity contribution >= 4 is 17.0 Å². The maximum absolute atomic E-state index is 13.1. The maximum Gasteiger partial charge on any atom is 0.201 e. The van der Waals surface area contributed by atoms with Crippen LogP contribution in [-0.2, 0) is 6.54 Å². The molecule has 0 atom stereocenters. The number of phenols is 1. The highest BCUT2D eigenvalue weighted by molar-refractivity contribution is 5.77. The number of nitrogens with one attached hydrogen (secondary N) is 2. The normalized spacial score (nSPS) is 10.8. The smallest absolute Gasteiger partial charge is 0.201 e. The second-order valence-electron chi connectivity index (χ2n) is 4.23. The minimum atomic E-state index is -0.376. The number of hydrogen-bond donors (Lipinski definition) is 3. The Morgan fingerprint density at radius 1 is 1.21 bits per heavy atom. The Bertz CT molecular complexity index is 691. The van der Waals surface area contributed by atoms with Crippen LogP contribution < -0.4 is 5.32 Å². The molecule has 3 N–H and O–H groups in total. The molecule has 0 amide bonds. The molecular formula is C14H12FN3O. The van der Waals surface area contributed by atoms with Crippen molar-refractivity contribution in [1.29, 1.82) is 0 Å². The molecule has 0 spiro atoms. The van der Waals surface area contributed by atoms with Gasteiger partial charge in [-0.3, -0.25) is 0 Å². The second-order valence-corrected chi connectivity index (χ2v) is 4.23. The molecule has 1 aromatic heterocycles. The van der Waals surface area contributed by atoms with Gasteiger partial charge in [0.05, 0.1) is 11.0 Å². The summed E-state index contributed by atoms with van der Waals surface area (Å²) in [5.74, 6) is 0.272. The van der Waals surface area contributed by atoms with Crippen molar-refractivity contribution in [3.8, 4) is 5.75 Å². The molecule has 96 valence electrons. The van der Waals surface area contributed by atoms with Crippen LogP contribution in [0.5, 0.6) is 5.75 Å². The molecule has 5 heteroatoms. The van der Waals surface area contributed by atoms with E-state index >= 15 is 0 Å². The molecule has 0 aliphatic heterocycles. The average molecular weight is 257 g/mol. The predicted octanol–water partition coefficient (Wildman–Crippen LogP) is 3.02. The van der Waals surface area contributed by atoms with Crippen molar-refractivity contribution in [2.75, 3.05) is 5.32 Å². The Morgan fingerprint density at radius 3 is 2.89 bits per heavy atom. The first-order valence-corrected chi connectivity index (χ1v) is 5.88. The molecule has 3 rings (SSSR count). The fraction of sp³-hybridized carbons (Fsp3) is 0.0714. The number of aromatic nitrogens is 2. The zero-order valence-corrected chi connectivity index (χ0v) is 10.0. The number of halogens is 1. The van der Waals surface area contributed by atoms with Gasteiger partial charge in [0.15, 0.2) is 0 Å². The van der Waals surface area contributed by atoms with Crippen LogP contribution in [-0.4, -0.2) is 15.1 Å². The first-order chi connectivity index (χ1) is 9.22. The van der Waals surface area contributed by atoms with Crippen molar-refractivity contribution in [2.45, 2.75) is 6.54 Å². The maximum atomic E-state index is 13.1. The number of hydrogen-bond acceptors (Lipinski definition) is 3. The van der Waals surface area contributed by atoms with Gasteiger partial charge in [-0.05, 0) is 30.3 Å². The summed E-state index contributed by atoms with van der Waals surface area (Å²) in [5.41, 5.74) is 2.27. The summed E-state index contributed by atoms with van der Waals surface area (Å²) in [5, 5.41) is 12.6. The lowest BCUT2D eigenvalue weighted by atomic mass is 10.2. The number of rotatable bonds is 3. The number of fused-ring (bicyclic) bond motifs is 1. The van der Waals surface area contributed by atoms with Gasteiger partial charge in [-0.25, -0.2) is 9.37 Å². The van der Waals surface area contributed by atoms with E-state index in [9.17, 15) is 9.50 Å². The average Bonchev–Trinajstić information content (AvgIpc) is 2.82. The molecule has 3 aromatic rings. The summed E-state index contributed by atoms with van der Waals surface area (Å²) < 4.78 is 13.1. The first-order valence-electron chi connectivity index (χ1n) is 5.88. The van der Waals surface area contributed by atoms with E-state index in [0.29, 0.717) is 18.1 Å². The van der Waals surface area contributed by atoms with E-state index in [1.54, 1.807) is 0 Å². The van der Waals surface area contributed by atoms with Gasteiger partial charge in [-0.2, -0.15) is 0 Å². The van der Waals surface area contributed by atoms with Crippen LogP contribution >= 0.6 is 0 Å². The number of phenolic OH excluding ortho intramolecular Hbond substituents is 1. The number of anilines is 1. The third-order valence-electron chi connectivity index (χ3n) is 2.88. The molecule has 0 unspecified atom stereocenters. The van der Waals surface area contributed by atoms with Crippen molar-refractivity contribution in [1.82, 2.24) is 9.97 Å². The summed E-state index contributed by atoms with van der Waals surface area (Å²) in [6.45, 7) is 0.295. The van der Waals surface area contributed by atoms with Gasteiger partial charge < -0.3 is 15.4 Å². The number of para-hydroxylation sites is 2. The molecule has 0 fully saturated rings. The Balaban J connectivity index is 1.80. The largest absolute Gasteiger partial charge is 0.508 e. The quantitative estimate of drug-likeness (QED) is 0.676. The van der Waals surface area contributed by atoms with E-state index in [1.807, 2.05) is 24.3 Å². The van der Waals surface area contributed by atoms with Crippen LogP contribution in [0.2, 0.25) is 0 Å². The third kappa shape index (κ3) is 2.35. The summed E-state index contributed by atoms with van der Waals surface area (Å²) >= 11 is 0. The molecule has 0 bridgehead atoms. The predicted molar refractivity (Wildman–Crippen MR) is 71.5 cm³/mol. The molecule has 0 aliphatic carbocycles. The second kappa shape index (κ2) is 4.61. The Morgan fingerprint density at radius 2 is 2.05 bits per heavy atom. The SMILES string of the molecule is Oc1ccc(F)cc1CNc1nc2ccccc2[nH]1. The molecule has 0 saturated heterocycles. The fourth-order valence-corrected chi connectivity index (χ4v) is 1.91. The highest BCUT2D eigenvalue weighted by Gasteiger charge is 2.05. The van der Waals surface area contributed by atoms with Crippen molar-refractivity contribution < 1.29 is 9.50 Å². The molecule has 0 aliphatic rings. The van der Waals surface area contributed by atoms with Gasteiger partial charge >= 0.3 is 0 Å². The lowest BCUT2D eigenvalue weighted by molar-refractivity contribution is 0.466. The number of nitrogens with zero attached hydrogens (tertiary/aromatic N) is 1. The molecule has 0 radical (unpaired) electrons.